The Morgan fingerprint density at radius 2 is 2.13 bits per heavy atom. The molecule has 0 saturated heterocycles. The van der Waals surface area contributed by atoms with Crippen LogP contribution >= 0.6 is 0 Å². The Balaban J connectivity index is 1.74. The van der Waals surface area contributed by atoms with Crippen molar-refractivity contribution in [2.24, 2.45) is 7.05 Å². The molecule has 0 aliphatic rings. The summed E-state index contributed by atoms with van der Waals surface area (Å²) in [5.41, 5.74) is 2.11. The van der Waals surface area contributed by atoms with Gasteiger partial charge in [0.2, 0.25) is 0 Å². The maximum absolute atomic E-state index is 13.0. The molecular formula is C16H21F2N3O2. The maximum Gasteiger partial charge on any atom is 0.162 e. The number of ether oxygens (including phenoxy) is 1. The van der Waals surface area contributed by atoms with Gasteiger partial charge in [0, 0.05) is 38.0 Å². The number of hydrogen-bond acceptors (Lipinski definition) is 4. The molecule has 1 atom stereocenters. The zero-order valence-electron chi connectivity index (χ0n) is 13.2. The normalized spacial score (nSPS) is 12.4. The van der Waals surface area contributed by atoms with Crippen molar-refractivity contribution in [2.75, 3.05) is 13.2 Å². The highest BCUT2D eigenvalue weighted by Crippen LogP contribution is 2.15. The average Bonchev–Trinajstić information content (AvgIpc) is 2.88. The zero-order chi connectivity index (χ0) is 16.8. The Hall–Kier alpha value is -1.99. The van der Waals surface area contributed by atoms with Crippen LogP contribution in [-0.4, -0.2) is 34.1 Å². The average molecular weight is 325 g/mol. The van der Waals surface area contributed by atoms with Gasteiger partial charge in [-0.1, -0.05) is 6.92 Å². The van der Waals surface area contributed by atoms with E-state index in [1.165, 1.54) is 6.07 Å². The minimum absolute atomic E-state index is 0.00819. The highest BCUT2D eigenvalue weighted by atomic mass is 19.2. The molecule has 23 heavy (non-hydrogen) atoms. The standard InChI is InChI=1S/C16H21F2N3O2/c1-3-16-11(9-21(2)20-16)7-19-8-12(22)10-23-13-4-5-14(17)15(18)6-13/h4-6,9,12,19,22H,3,7-8,10H2,1-2H3. The molecule has 0 amide bonds. The van der Waals surface area contributed by atoms with E-state index in [4.69, 9.17) is 4.74 Å². The van der Waals surface area contributed by atoms with E-state index >= 15 is 0 Å². The van der Waals surface area contributed by atoms with E-state index in [0.717, 1.165) is 29.8 Å². The minimum Gasteiger partial charge on any atom is -0.491 e. The van der Waals surface area contributed by atoms with Crippen LogP contribution in [0.2, 0.25) is 0 Å². The molecule has 2 aromatic rings. The monoisotopic (exact) mass is 325 g/mol. The van der Waals surface area contributed by atoms with E-state index in [1.54, 1.807) is 4.68 Å². The van der Waals surface area contributed by atoms with E-state index in [2.05, 4.69) is 10.4 Å². The van der Waals surface area contributed by atoms with Crippen molar-refractivity contribution >= 4 is 0 Å². The fraction of sp³-hybridized carbons (Fsp3) is 0.438. The van der Waals surface area contributed by atoms with Crippen LogP contribution in [0.4, 0.5) is 8.78 Å². The van der Waals surface area contributed by atoms with Crippen LogP contribution < -0.4 is 10.1 Å². The zero-order valence-corrected chi connectivity index (χ0v) is 13.2. The van der Waals surface area contributed by atoms with Crippen LogP contribution in [0.25, 0.3) is 0 Å². The molecule has 1 aromatic carbocycles. The number of aliphatic hydroxyl groups is 1. The van der Waals surface area contributed by atoms with Gasteiger partial charge in [-0.25, -0.2) is 8.78 Å². The van der Waals surface area contributed by atoms with Crippen LogP contribution in [0.3, 0.4) is 0 Å². The van der Waals surface area contributed by atoms with Crippen molar-refractivity contribution < 1.29 is 18.6 Å². The van der Waals surface area contributed by atoms with Gasteiger partial charge in [-0.3, -0.25) is 4.68 Å². The Kier molecular flexibility index (Phi) is 6.06. The quantitative estimate of drug-likeness (QED) is 0.777. The summed E-state index contributed by atoms with van der Waals surface area (Å²) < 4.78 is 32.8. The van der Waals surface area contributed by atoms with Crippen LogP contribution in [0, 0.1) is 11.6 Å². The Morgan fingerprint density at radius 1 is 1.35 bits per heavy atom. The third-order valence-electron chi connectivity index (χ3n) is 3.36. The molecule has 7 heteroatoms. The highest BCUT2D eigenvalue weighted by Gasteiger charge is 2.09. The molecule has 126 valence electrons. The predicted octanol–water partition coefficient (Wildman–Crippen LogP) is 1.79. The third kappa shape index (κ3) is 5.01. The van der Waals surface area contributed by atoms with E-state index < -0.39 is 17.7 Å². The van der Waals surface area contributed by atoms with Crippen molar-refractivity contribution in [3.8, 4) is 5.75 Å². The SMILES string of the molecule is CCc1nn(C)cc1CNCC(O)COc1ccc(F)c(F)c1. The smallest absolute Gasteiger partial charge is 0.162 e. The Morgan fingerprint density at radius 3 is 2.83 bits per heavy atom. The second-order valence-electron chi connectivity index (χ2n) is 5.30. The summed E-state index contributed by atoms with van der Waals surface area (Å²) in [6.45, 7) is 2.95. The number of aryl methyl sites for hydroxylation is 2. The molecule has 0 aliphatic heterocycles. The molecule has 0 spiro atoms. The summed E-state index contributed by atoms with van der Waals surface area (Å²) >= 11 is 0. The number of halogens is 2. The van der Waals surface area contributed by atoms with Crippen LogP contribution in [0.15, 0.2) is 24.4 Å². The first-order valence-corrected chi connectivity index (χ1v) is 7.47. The van der Waals surface area contributed by atoms with Crippen molar-refractivity contribution in [1.82, 2.24) is 15.1 Å². The van der Waals surface area contributed by atoms with Crippen molar-refractivity contribution in [3.05, 3.63) is 47.3 Å². The molecule has 0 bridgehead atoms. The molecule has 1 aromatic heterocycles. The van der Waals surface area contributed by atoms with Gasteiger partial charge >= 0.3 is 0 Å². The number of aliphatic hydroxyl groups excluding tert-OH is 1. The summed E-state index contributed by atoms with van der Waals surface area (Å²) in [5.74, 6) is -1.72. The van der Waals surface area contributed by atoms with Gasteiger partial charge in [0.15, 0.2) is 11.6 Å². The molecule has 2 rings (SSSR count). The van der Waals surface area contributed by atoms with Gasteiger partial charge in [-0.05, 0) is 18.6 Å². The summed E-state index contributed by atoms with van der Waals surface area (Å²) in [6, 6.07) is 3.27. The van der Waals surface area contributed by atoms with Gasteiger partial charge in [0.1, 0.15) is 18.5 Å². The van der Waals surface area contributed by atoms with Gasteiger partial charge in [-0.15, -0.1) is 0 Å². The van der Waals surface area contributed by atoms with Gasteiger partial charge < -0.3 is 15.2 Å². The molecular weight excluding hydrogens is 304 g/mol. The van der Waals surface area contributed by atoms with E-state index in [0.29, 0.717) is 13.1 Å². The van der Waals surface area contributed by atoms with Gasteiger partial charge in [-0.2, -0.15) is 5.10 Å². The number of rotatable bonds is 8. The van der Waals surface area contributed by atoms with E-state index in [9.17, 15) is 13.9 Å². The molecule has 5 nitrogen and oxygen atoms in total. The second-order valence-corrected chi connectivity index (χ2v) is 5.30. The number of nitrogens with one attached hydrogen (secondary N) is 1. The summed E-state index contributed by atoms with van der Waals surface area (Å²) in [5, 5.41) is 17.3. The number of aromatic nitrogens is 2. The predicted molar refractivity (Wildman–Crippen MR) is 82.2 cm³/mol. The van der Waals surface area contributed by atoms with Crippen molar-refractivity contribution in [2.45, 2.75) is 26.0 Å². The maximum atomic E-state index is 13.0. The molecule has 1 unspecified atom stereocenters. The lowest BCUT2D eigenvalue weighted by Gasteiger charge is -2.13. The first kappa shape index (κ1) is 17.4. The first-order valence-electron chi connectivity index (χ1n) is 7.47. The van der Waals surface area contributed by atoms with Gasteiger partial charge in [0.05, 0.1) is 5.69 Å². The third-order valence-corrected chi connectivity index (χ3v) is 3.36. The number of benzene rings is 1. The summed E-state index contributed by atoms with van der Waals surface area (Å²) in [7, 11) is 1.87. The fourth-order valence-corrected chi connectivity index (χ4v) is 2.22. The number of nitrogens with zero attached hydrogens (tertiary/aromatic N) is 2. The summed E-state index contributed by atoms with van der Waals surface area (Å²) in [6.07, 6.45) is 2.03. The van der Waals surface area contributed by atoms with Crippen LogP contribution in [-0.2, 0) is 20.0 Å². The van der Waals surface area contributed by atoms with Crippen molar-refractivity contribution in [3.63, 3.8) is 0 Å². The van der Waals surface area contributed by atoms with Crippen molar-refractivity contribution in [1.29, 1.82) is 0 Å². The van der Waals surface area contributed by atoms with Crippen LogP contribution in [0.5, 0.6) is 5.75 Å². The molecule has 2 N–H and O–H groups in total. The molecule has 0 saturated carbocycles. The lowest BCUT2D eigenvalue weighted by molar-refractivity contribution is 0.106. The lowest BCUT2D eigenvalue weighted by atomic mass is 10.2. The fourth-order valence-electron chi connectivity index (χ4n) is 2.22. The highest BCUT2D eigenvalue weighted by molar-refractivity contribution is 5.23. The summed E-state index contributed by atoms with van der Waals surface area (Å²) in [4.78, 5) is 0. The van der Waals surface area contributed by atoms with E-state index in [1.807, 2.05) is 20.2 Å². The number of hydrogen-bond donors (Lipinski definition) is 2. The molecule has 1 heterocycles. The van der Waals surface area contributed by atoms with E-state index in [-0.39, 0.29) is 12.4 Å². The Labute approximate surface area is 133 Å². The molecule has 0 radical (unpaired) electrons. The van der Waals surface area contributed by atoms with Gasteiger partial charge in [0.25, 0.3) is 0 Å². The van der Waals surface area contributed by atoms with Crippen LogP contribution in [0.1, 0.15) is 18.2 Å². The second kappa shape index (κ2) is 8.03. The largest absolute Gasteiger partial charge is 0.491 e. The minimum atomic E-state index is -0.973. The molecule has 0 aliphatic carbocycles. The Bertz CT molecular complexity index is 646. The topological polar surface area (TPSA) is 59.3 Å². The lowest BCUT2D eigenvalue weighted by Crippen LogP contribution is -2.31. The molecule has 0 fully saturated rings. The first-order chi connectivity index (χ1) is 11.0.